The van der Waals surface area contributed by atoms with Crippen molar-refractivity contribution in [3.63, 3.8) is 0 Å². The molecule has 3 aliphatic carbocycles. The van der Waals surface area contributed by atoms with Gasteiger partial charge in [0.2, 0.25) is 0 Å². The van der Waals surface area contributed by atoms with Gasteiger partial charge in [-0.1, -0.05) is 170 Å². The molecule has 85 heavy (non-hydrogen) atoms. The van der Waals surface area contributed by atoms with Crippen molar-refractivity contribution < 1.29 is 0 Å². The van der Waals surface area contributed by atoms with Crippen molar-refractivity contribution in [2.75, 3.05) is 14.7 Å². The monoisotopic (exact) mass is 1150 g/mol. The van der Waals surface area contributed by atoms with Crippen molar-refractivity contribution in [3.8, 4) is 0 Å². The Labute approximate surface area is 513 Å². The number of fused-ring (bicyclic) bond motifs is 13. The summed E-state index contributed by atoms with van der Waals surface area (Å²) in [7, 11) is 0. The summed E-state index contributed by atoms with van der Waals surface area (Å²) in [5.74, 6) is 0. The molecular weight excluding hydrogens is 1070 g/mol. The fourth-order valence-electron chi connectivity index (χ4n) is 18.3. The molecule has 18 rings (SSSR count). The van der Waals surface area contributed by atoms with E-state index in [0.29, 0.717) is 0 Å². The standard InChI is InChI=1S/C79H82BN3S2/c1-72(2,3)45-23-29-65-52(37-45)68-66(84-65)30-27-58-70(68)82-61-20-18-19-51-50-25-21-47(39-67(50)85-71(51)61)77(12,13)46-22-28-60-57(38-46)78(14)31-16-17-32-79(78,15)83(60)49-41-63-69(64(82)42-49)80(58)59-43-55-56(76(10,11)36-35-75(55,8)9)44-62(59)81(63)48-24-26-53-54(40-48)74(6,7)34-33-73(53,4)5/h18-30,37-44H,16-17,31-36H2,1-15H3. The molecule has 1 fully saturated rings. The number of rotatable bonds is 1. The molecule has 9 bridgehead atoms. The van der Waals surface area contributed by atoms with Gasteiger partial charge in [-0.2, -0.15) is 0 Å². The molecule has 8 aliphatic rings. The van der Waals surface area contributed by atoms with Gasteiger partial charge in [0.15, 0.2) is 0 Å². The van der Waals surface area contributed by atoms with Gasteiger partial charge >= 0.3 is 0 Å². The summed E-state index contributed by atoms with van der Waals surface area (Å²) >= 11 is 3.97. The molecule has 0 N–H and O–H groups in total. The Morgan fingerprint density at radius 2 is 1.09 bits per heavy atom. The molecule has 2 atom stereocenters. The largest absolute Gasteiger partial charge is 0.334 e. The van der Waals surface area contributed by atoms with Gasteiger partial charge in [-0.3, -0.25) is 0 Å². The van der Waals surface area contributed by atoms with E-state index in [1.54, 1.807) is 0 Å². The molecule has 7 heterocycles. The Balaban J connectivity index is 1.09. The van der Waals surface area contributed by atoms with Crippen LogP contribution in [0.15, 0.2) is 127 Å². The van der Waals surface area contributed by atoms with Crippen LogP contribution in [0, 0.1) is 0 Å². The molecule has 3 nitrogen and oxygen atoms in total. The van der Waals surface area contributed by atoms with Crippen LogP contribution in [-0.2, 0) is 37.9 Å². The van der Waals surface area contributed by atoms with E-state index in [9.17, 15) is 0 Å². The topological polar surface area (TPSA) is 9.72 Å². The maximum absolute atomic E-state index is 2.90. The molecule has 2 aromatic heterocycles. The van der Waals surface area contributed by atoms with E-state index in [1.807, 2.05) is 22.7 Å². The highest BCUT2D eigenvalue weighted by Gasteiger charge is 2.59. The lowest BCUT2D eigenvalue weighted by molar-refractivity contribution is 0.195. The summed E-state index contributed by atoms with van der Waals surface area (Å²) in [4.78, 5) is 8.56. The number of hydrogen-bond donors (Lipinski definition) is 0. The molecule has 8 aromatic carbocycles. The van der Waals surface area contributed by atoms with Crippen molar-refractivity contribution >= 4 is 132 Å². The Hall–Kier alpha value is -6.34. The Morgan fingerprint density at radius 1 is 0.435 bits per heavy atom. The average Bonchev–Trinajstić information content (AvgIpc) is 1.77. The Morgan fingerprint density at radius 3 is 1.84 bits per heavy atom. The molecular formula is C79H82BN3S2. The van der Waals surface area contributed by atoms with Crippen LogP contribution in [0.1, 0.15) is 200 Å². The third-order valence-electron chi connectivity index (χ3n) is 24.1. The molecule has 10 aromatic rings. The summed E-state index contributed by atoms with van der Waals surface area (Å²) in [5.41, 5.74) is 26.1. The van der Waals surface area contributed by atoms with Crippen LogP contribution in [0.5, 0.6) is 0 Å². The molecule has 0 spiro atoms. The number of thiophene rings is 2. The average molecular weight is 1150 g/mol. The number of nitrogens with zero attached hydrogens (tertiary/aromatic N) is 3. The zero-order valence-corrected chi connectivity index (χ0v) is 54.6. The highest BCUT2D eigenvalue weighted by Crippen LogP contribution is 2.64. The van der Waals surface area contributed by atoms with Crippen molar-refractivity contribution in [3.05, 3.63) is 172 Å². The minimum absolute atomic E-state index is 0.00742. The predicted molar refractivity (Wildman–Crippen MR) is 370 cm³/mol. The van der Waals surface area contributed by atoms with Crippen molar-refractivity contribution in [1.82, 2.24) is 0 Å². The minimum atomic E-state index is -0.221. The summed E-state index contributed by atoms with van der Waals surface area (Å²) in [6.45, 7) is 37.4. The first-order chi connectivity index (χ1) is 40.2. The molecule has 0 radical (unpaired) electrons. The van der Waals surface area contributed by atoms with Gasteiger partial charge in [-0.25, -0.2) is 0 Å². The van der Waals surface area contributed by atoms with Crippen LogP contribution in [0.3, 0.4) is 0 Å². The van der Waals surface area contributed by atoms with Gasteiger partial charge in [0.25, 0.3) is 6.71 Å². The first kappa shape index (κ1) is 52.9. The summed E-state index contributed by atoms with van der Waals surface area (Å²) < 4.78 is 5.40. The third-order valence-corrected chi connectivity index (χ3v) is 26.4. The van der Waals surface area contributed by atoms with Gasteiger partial charge in [0.1, 0.15) is 0 Å². The first-order valence-electron chi connectivity index (χ1n) is 32.2. The molecule has 5 aliphatic heterocycles. The summed E-state index contributed by atoms with van der Waals surface area (Å²) in [6.07, 6.45) is 9.43. The zero-order valence-electron chi connectivity index (χ0n) is 53.0. The predicted octanol–water partition coefficient (Wildman–Crippen LogP) is 20.9. The second-order valence-electron chi connectivity index (χ2n) is 32.1. The van der Waals surface area contributed by atoms with Gasteiger partial charge in [-0.15, -0.1) is 22.7 Å². The van der Waals surface area contributed by atoms with Crippen LogP contribution in [-0.4, -0.2) is 12.3 Å². The van der Waals surface area contributed by atoms with Gasteiger partial charge < -0.3 is 14.7 Å². The Bertz CT molecular complexity index is 4650. The highest BCUT2D eigenvalue weighted by molar-refractivity contribution is 7.26. The molecule has 0 amide bonds. The van der Waals surface area contributed by atoms with Crippen LogP contribution in [0.4, 0.5) is 45.5 Å². The van der Waals surface area contributed by atoms with Crippen LogP contribution in [0.25, 0.3) is 40.3 Å². The van der Waals surface area contributed by atoms with Crippen molar-refractivity contribution in [2.45, 2.75) is 199 Å². The maximum atomic E-state index is 2.90. The number of hydrogen-bond acceptors (Lipinski definition) is 5. The Kier molecular flexibility index (Phi) is 10.4. The van der Waals surface area contributed by atoms with Gasteiger partial charge in [0, 0.05) is 80.6 Å². The van der Waals surface area contributed by atoms with Crippen LogP contribution < -0.4 is 31.1 Å². The maximum Gasteiger partial charge on any atom is 0.252 e. The lowest BCUT2D eigenvalue weighted by Gasteiger charge is -2.51. The van der Waals surface area contributed by atoms with E-state index in [0.717, 1.165) is 19.3 Å². The minimum Gasteiger partial charge on any atom is -0.334 e. The molecule has 2 unspecified atom stereocenters. The lowest BCUT2D eigenvalue weighted by atomic mass is 9.33. The smallest absolute Gasteiger partial charge is 0.252 e. The number of anilines is 8. The second kappa shape index (κ2) is 16.6. The highest BCUT2D eigenvalue weighted by atomic mass is 32.1. The van der Waals surface area contributed by atoms with Crippen LogP contribution >= 0.6 is 22.7 Å². The van der Waals surface area contributed by atoms with E-state index in [-0.39, 0.29) is 50.2 Å². The fraction of sp³-hybridized carbons (Fsp3) is 0.392. The van der Waals surface area contributed by atoms with Crippen LogP contribution in [0.2, 0.25) is 0 Å². The SMILES string of the molecule is CC(C)(C)c1ccc2sc3ccc4c(c3c2c1)N1c2cc(cc3c2B4c2cc4c(cc2N3c2ccc3c(c2)C(C)(C)CCC3(C)C)C(C)(C)CCC4(C)C)N2c3ccc(cc3C3(C)CCCCC23C)C(C)(C)c2ccc3c(c2)sc2c1cccc23. The molecule has 6 heteroatoms. The van der Waals surface area contributed by atoms with Gasteiger partial charge in [0.05, 0.1) is 21.6 Å². The van der Waals surface area contributed by atoms with E-state index in [1.165, 1.54) is 179 Å². The second-order valence-corrected chi connectivity index (χ2v) is 34.3. The van der Waals surface area contributed by atoms with E-state index < -0.39 is 0 Å². The molecule has 428 valence electrons. The van der Waals surface area contributed by atoms with E-state index >= 15 is 0 Å². The molecule has 1 saturated carbocycles. The number of benzene rings is 8. The quantitative estimate of drug-likeness (QED) is 0.152. The fourth-order valence-corrected chi connectivity index (χ4v) is 20.6. The van der Waals surface area contributed by atoms with Gasteiger partial charge in [-0.05, 0) is 200 Å². The lowest BCUT2D eigenvalue weighted by Crippen LogP contribution is -2.62. The summed E-state index contributed by atoms with van der Waals surface area (Å²) in [5, 5.41) is 5.42. The summed E-state index contributed by atoms with van der Waals surface area (Å²) in [6, 6.07) is 53.6. The van der Waals surface area contributed by atoms with E-state index in [4.69, 9.17) is 0 Å². The van der Waals surface area contributed by atoms with E-state index in [2.05, 4.69) is 246 Å². The van der Waals surface area contributed by atoms with Crippen molar-refractivity contribution in [2.24, 2.45) is 0 Å². The molecule has 0 saturated heterocycles. The third kappa shape index (κ3) is 6.86. The van der Waals surface area contributed by atoms with Crippen molar-refractivity contribution in [1.29, 1.82) is 0 Å². The first-order valence-corrected chi connectivity index (χ1v) is 33.9. The normalized spacial score (nSPS) is 23.1. The zero-order chi connectivity index (χ0) is 58.8.